The molecule has 0 saturated carbocycles. The summed E-state index contributed by atoms with van der Waals surface area (Å²) in [5.41, 5.74) is 5.15. The molecule has 2 amide bonds. The zero-order valence-electron chi connectivity index (χ0n) is 18.5. The van der Waals surface area contributed by atoms with Gasteiger partial charge in [-0.1, -0.05) is 18.2 Å². The Kier molecular flexibility index (Phi) is 7.51. The molecule has 0 radical (unpaired) electrons. The van der Waals surface area contributed by atoms with Crippen molar-refractivity contribution in [2.24, 2.45) is 5.92 Å². The summed E-state index contributed by atoms with van der Waals surface area (Å²) in [7, 11) is 0. The molecule has 0 bridgehead atoms. The molecule has 1 fully saturated rings. The Hall–Kier alpha value is -3.46. The quantitative estimate of drug-likeness (QED) is 0.540. The fraction of sp³-hybridized carbons (Fsp3) is 0.333. The number of benzene rings is 1. The summed E-state index contributed by atoms with van der Waals surface area (Å²) in [4.78, 5) is 34.3. The smallest absolute Gasteiger partial charge is 0.407 e. The lowest BCUT2D eigenvalue weighted by molar-refractivity contribution is -0.114. The van der Waals surface area contributed by atoms with Crippen molar-refractivity contribution in [1.29, 1.82) is 0 Å². The fourth-order valence-corrected chi connectivity index (χ4v) is 4.32. The number of alkyl carbamates (subject to hydrolysis) is 1. The van der Waals surface area contributed by atoms with E-state index in [0.717, 1.165) is 54.4 Å². The summed E-state index contributed by atoms with van der Waals surface area (Å²) in [6.45, 7) is 4.08. The molecule has 172 valence electrons. The molecule has 0 aliphatic carbocycles. The van der Waals surface area contributed by atoms with Crippen molar-refractivity contribution >= 4 is 34.8 Å². The van der Waals surface area contributed by atoms with Gasteiger partial charge in [-0.2, -0.15) is 0 Å². The minimum atomic E-state index is -0.399. The number of hydrogen-bond donors (Lipinski definition) is 2. The van der Waals surface area contributed by atoms with Crippen molar-refractivity contribution < 1.29 is 14.3 Å². The lowest BCUT2D eigenvalue weighted by Gasteiger charge is -2.33. The predicted octanol–water partition coefficient (Wildman–Crippen LogP) is 4.31. The number of hydrogen-bond acceptors (Lipinski definition) is 7. The number of amides is 2. The zero-order valence-corrected chi connectivity index (χ0v) is 19.3. The molecule has 2 N–H and O–H groups in total. The summed E-state index contributed by atoms with van der Waals surface area (Å²) < 4.78 is 5.20. The van der Waals surface area contributed by atoms with E-state index in [2.05, 4.69) is 20.5 Å². The fourth-order valence-electron chi connectivity index (χ4n) is 3.78. The van der Waals surface area contributed by atoms with Crippen LogP contribution >= 0.6 is 11.3 Å². The summed E-state index contributed by atoms with van der Waals surface area (Å²) in [5.74, 6) is 1.28. The third kappa shape index (κ3) is 6.52. The van der Waals surface area contributed by atoms with E-state index in [-0.39, 0.29) is 12.5 Å². The predicted molar refractivity (Wildman–Crippen MR) is 129 cm³/mol. The summed E-state index contributed by atoms with van der Waals surface area (Å²) in [5, 5.41) is 7.52. The number of rotatable bonds is 7. The van der Waals surface area contributed by atoms with Gasteiger partial charge in [0.25, 0.3) is 0 Å². The van der Waals surface area contributed by atoms with E-state index in [1.807, 2.05) is 47.8 Å². The van der Waals surface area contributed by atoms with Gasteiger partial charge in [0.15, 0.2) is 0 Å². The van der Waals surface area contributed by atoms with Crippen LogP contribution in [0.1, 0.15) is 25.5 Å². The van der Waals surface area contributed by atoms with Crippen molar-refractivity contribution in [3.05, 3.63) is 59.0 Å². The number of carbonyl (C=O) groups is 2. The van der Waals surface area contributed by atoms with Gasteiger partial charge in [0.1, 0.15) is 12.4 Å². The van der Waals surface area contributed by atoms with E-state index in [9.17, 15) is 9.59 Å². The van der Waals surface area contributed by atoms with Gasteiger partial charge in [0.2, 0.25) is 5.91 Å². The average Bonchev–Trinajstić information content (AvgIpc) is 3.36. The highest BCUT2D eigenvalue weighted by Gasteiger charge is 2.21. The molecule has 0 unspecified atom stereocenters. The van der Waals surface area contributed by atoms with Crippen molar-refractivity contribution in [3.8, 4) is 11.3 Å². The Labute approximate surface area is 197 Å². The molecule has 4 rings (SSSR count). The number of piperidine rings is 1. The minimum absolute atomic E-state index is 0.0889. The molecule has 9 heteroatoms. The van der Waals surface area contributed by atoms with Crippen molar-refractivity contribution in [1.82, 2.24) is 15.3 Å². The molecule has 0 atom stereocenters. The van der Waals surface area contributed by atoms with E-state index in [1.54, 1.807) is 5.51 Å². The second-order valence-corrected chi connectivity index (χ2v) is 8.73. The lowest BCUT2D eigenvalue weighted by Crippen LogP contribution is -2.39. The maximum absolute atomic E-state index is 11.9. The van der Waals surface area contributed by atoms with E-state index in [4.69, 9.17) is 9.72 Å². The maximum atomic E-state index is 11.9. The lowest BCUT2D eigenvalue weighted by atomic mass is 9.97. The first-order valence-corrected chi connectivity index (χ1v) is 11.9. The van der Waals surface area contributed by atoms with E-state index < -0.39 is 6.09 Å². The summed E-state index contributed by atoms with van der Waals surface area (Å²) >= 11 is 1.48. The third-order valence-corrected chi connectivity index (χ3v) is 6.18. The molecule has 1 aromatic carbocycles. The average molecular weight is 466 g/mol. The van der Waals surface area contributed by atoms with Crippen molar-refractivity contribution in [2.45, 2.75) is 26.4 Å². The highest BCUT2D eigenvalue weighted by molar-refractivity contribution is 7.07. The number of nitrogens with one attached hydrogen (secondary N) is 2. The van der Waals surface area contributed by atoms with Gasteiger partial charge in [-0.3, -0.25) is 4.79 Å². The second-order valence-electron chi connectivity index (χ2n) is 8.01. The molecule has 8 nitrogen and oxygen atoms in total. The van der Waals surface area contributed by atoms with Crippen molar-refractivity contribution in [3.63, 3.8) is 0 Å². The van der Waals surface area contributed by atoms with Gasteiger partial charge in [-0.25, -0.2) is 14.8 Å². The normalized spacial score (nSPS) is 14.0. The van der Waals surface area contributed by atoms with E-state index >= 15 is 0 Å². The van der Waals surface area contributed by atoms with Crippen LogP contribution in [0.25, 0.3) is 11.3 Å². The van der Waals surface area contributed by atoms with Gasteiger partial charge >= 0.3 is 6.09 Å². The van der Waals surface area contributed by atoms with Crippen LogP contribution in [-0.4, -0.2) is 41.6 Å². The van der Waals surface area contributed by atoms with Gasteiger partial charge in [-0.15, -0.1) is 11.3 Å². The Balaban J connectivity index is 1.25. The van der Waals surface area contributed by atoms with Crippen LogP contribution in [0.3, 0.4) is 0 Å². The number of ether oxygens (including phenoxy) is 1. The highest BCUT2D eigenvalue weighted by atomic mass is 32.1. The Bertz CT molecular complexity index is 1060. The molecule has 1 aliphatic rings. The number of pyridine rings is 1. The van der Waals surface area contributed by atoms with Gasteiger partial charge < -0.3 is 20.3 Å². The monoisotopic (exact) mass is 465 g/mol. The maximum Gasteiger partial charge on any atom is 0.407 e. The SMILES string of the molecule is CC(=O)Nc1ccc(-c2cccc(N3CCC(CNC(=O)OCc4cscn4)CC3)n2)cc1. The largest absolute Gasteiger partial charge is 0.443 e. The van der Waals surface area contributed by atoms with Crippen molar-refractivity contribution in [2.75, 3.05) is 29.9 Å². The van der Waals surface area contributed by atoms with E-state index in [0.29, 0.717) is 12.5 Å². The molecule has 3 aromatic rings. The number of thiazole rings is 1. The molecular formula is C24H27N5O3S. The van der Waals surface area contributed by atoms with Crippen LogP contribution in [0.5, 0.6) is 0 Å². The molecule has 3 heterocycles. The standard InChI is InChI=1S/C24H27N5O3S/c1-17(30)27-20-7-5-19(6-8-20)22-3-2-4-23(28-22)29-11-9-18(10-12-29)13-25-24(31)32-14-21-15-33-16-26-21/h2-8,15-16,18H,9-14H2,1H3,(H,25,31)(H,27,30). The summed E-state index contributed by atoms with van der Waals surface area (Å²) in [6.07, 6.45) is 1.55. The highest BCUT2D eigenvalue weighted by Crippen LogP contribution is 2.25. The first-order chi connectivity index (χ1) is 16.1. The zero-order chi connectivity index (χ0) is 23.0. The van der Waals surface area contributed by atoms with Crippen LogP contribution in [-0.2, 0) is 16.1 Å². The first-order valence-electron chi connectivity index (χ1n) is 10.9. The second kappa shape index (κ2) is 10.9. The van der Waals surface area contributed by atoms with Crippen LogP contribution in [0.2, 0.25) is 0 Å². The Morgan fingerprint density at radius 1 is 1.15 bits per heavy atom. The molecular weight excluding hydrogens is 438 g/mol. The molecule has 1 saturated heterocycles. The van der Waals surface area contributed by atoms with Gasteiger partial charge in [0, 0.05) is 43.2 Å². The van der Waals surface area contributed by atoms with E-state index in [1.165, 1.54) is 18.3 Å². The Morgan fingerprint density at radius 2 is 1.94 bits per heavy atom. The molecule has 2 aromatic heterocycles. The molecule has 0 spiro atoms. The number of carbonyl (C=O) groups excluding carboxylic acids is 2. The Morgan fingerprint density at radius 3 is 2.64 bits per heavy atom. The van der Waals surface area contributed by atoms with Crippen LogP contribution in [0.4, 0.5) is 16.3 Å². The molecule has 33 heavy (non-hydrogen) atoms. The van der Waals surface area contributed by atoms with Crippen LogP contribution < -0.4 is 15.5 Å². The number of nitrogens with zero attached hydrogens (tertiary/aromatic N) is 3. The van der Waals surface area contributed by atoms with Gasteiger partial charge in [-0.05, 0) is 43.0 Å². The van der Waals surface area contributed by atoms with Crippen LogP contribution in [0.15, 0.2) is 53.4 Å². The molecule has 1 aliphatic heterocycles. The number of aromatic nitrogens is 2. The third-order valence-electron chi connectivity index (χ3n) is 5.54. The van der Waals surface area contributed by atoms with Gasteiger partial charge in [0.05, 0.1) is 16.9 Å². The van der Waals surface area contributed by atoms with Crippen LogP contribution in [0, 0.1) is 5.92 Å². The first kappa shape index (κ1) is 22.7. The number of anilines is 2. The minimum Gasteiger partial charge on any atom is -0.443 e. The topological polar surface area (TPSA) is 96.5 Å². The summed E-state index contributed by atoms with van der Waals surface area (Å²) in [6, 6.07) is 13.7.